The van der Waals surface area contributed by atoms with Crippen molar-refractivity contribution in [1.82, 2.24) is 0 Å². The van der Waals surface area contributed by atoms with Gasteiger partial charge < -0.3 is 9.64 Å². The predicted octanol–water partition coefficient (Wildman–Crippen LogP) is 2.30. The maximum atomic E-state index is 13.8. The third-order valence-electron chi connectivity index (χ3n) is 3.98. The second-order valence-electron chi connectivity index (χ2n) is 5.75. The Morgan fingerprint density at radius 3 is 2.73 bits per heavy atom. The van der Waals surface area contributed by atoms with E-state index in [-0.39, 0.29) is 18.2 Å². The molecule has 1 amide bonds. The largest absolute Gasteiger partial charge is 0.375 e. The van der Waals surface area contributed by atoms with Gasteiger partial charge in [-0.15, -0.1) is 0 Å². The zero-order valence-electron chi connectivity index (χ0n) is 13.8. The fraction of sp³-hybridized carbons (Fsp3) is 0.235. The summed E-state index contributed by atoms with van der Waals surface area (Å²) in [6.45, 7) is 0.371. The van der Waals surface area contributed by atoms with E-state index in [9.17, 15) is 22.0 Å². The van der Waals surface area contributed by atoms with E-state index >= 15 is 0 Å². The molecule has 6 nitrogen and oxygen atoms in total. The second kappa shape index (κ2) is 7.00. The maximum absolute atomic E-state index is 13.8. The number of ether oxygens (including phenoxy) is 1. The molecule has 1 heterocycles. The SMILES string of the molecule is COCC(=O)N1CCc2ccc(NS(=O)(=O)c3cc(F)ccc3F)cc21. The molecule has 1 aliphatic heterocycles. The second-order valence-corrected chi connectivity index (χ2v) is 7.40. The maximum Gasteiger partial charge on any atom is 0.264 e. The first-order chi connectivity index (χ1) is 12.3. The van der Waals surface area contributed by atoms with Crippen molar-refractivity contribution in [2.45, 2.75) is 11.3 Å². The van der Waals surface area contributed by atoms with Crippen LogP contribution < -0.4 is 9.62 Å². The Morgan fingerprint density at radius 2 is 2.00 bits per heavy atom. The molecule has 1 aliphatic rings. The Morgan fingerprint density at radius 1 is 1.23 bits per heavy atom. The van der Waals surface area contributed by atoms with E-state index in [1.165, 1.54) is 24.1 Å². The van der Waals surface area contributed by atoms with E-state index in [4.69, 9.17) is 4.74 Å². The van der Waals surface area contributed by atoms with E-state index in [0.717, 1.165) is 17.7 Å². The Kier molecular flexibility index (Phi) is 4.92. The molecule has 9 heteroatoms. The molecule has 26 heavy (non-hydrogen) atoms. The standard InChI is InChI=1S/C17H16F2N2O4S/c1-25-10-17(22)21-7-6-11-2-4-13(9-15(11)21)20-26(23,24)16-8-12(18)3-5-14(16)19/h2-5,8-9,20H,6-7,10H2,1H3. The Labute approximate surface area is 149 Å². The van der Waals surface area contributed by atoms with Crippen molar-refractivity contribution in [2.75, 3.05) is 29.9 Å². The summed E-state index contributed by atoms with van der Waals surface area (Å²) in [7, 11) is -2.92. The average Bonchev–Trinajstić information content (AvgIpc) is 3.00. The number of carbonyl (C=O) groups excluding carboxylic acids is 1. The molecule has 0 spiro atoms. The number of sulfonamides is 1. The highest BCUT2D eigenvalue weighted by Gasteiger charge is 2.26. The first kappa shape index (κ1) is 18.3. The number of hydrogen-bond donors (Lipinski definition) is 1. The van der Waals surface area contributed by atoms with Crippen molar-refractivity contribution in [3.8, 4) is 0 Å². The minimum atomic E-state index is -4.33. The van der Waals surface area contributed by atoms with Crippen LogP contribution in [0.25, 0.3) is 0 Å². The van der Waals surface area contributed by atoms with Gasteiger partial charge >= 0.3 is 0 Å². The van der Waals surface area contributed by atoms with E-state index < -0.39 is 26.6 Å². The van der Waals surface area contributed by atoms with Crippen molar-refractivity contribution in [1.29, 1.82) is 0 Å². The summed E-state index contributed by atoms with van der Waals surface area (Å²) in [5.41, 5.74) is 1.59. The Hall–Kier alpha value is -2.52. The molecule has 0 fully saturated rings. The summed E-state index contributed by atoms with van der Waals surface area (Å²) in [6, 6.07) is 6.89. The molecule has 0 aliphatic carbocycles. The number of rotatable bonds is 5. The molecule has 2 aromatic carbocycles. The van der Waals surface area contributed by atoms with Crippen LogP contribution >= 0.6 is 0 Å². The van der Waals surface area contributed by atoms with E-state index in [2.05, 4.69) is 4.72 Å². The lowest BCUT2D eigenvalue weighted by Crippen LogP contribution is -2.32. The zero-order chi connectivity index (χ0) is 18.9. The van der Waals surface area contributed by atoms with Gasteiger partial charge in [-0.05, 0) is 42.3 Å². The molecular formula is C17H16F2N2O4S. The van der Waals surface area contributed by atoms with Crippen molar-refractivity contribution in [3.63, 3.8) is 0 Å². The van der Waals surface area contributed by atoms with Crippen molar-refractivity contribution >= 4 is 27.3 Å². The monoisotopic (exact) mass is 382 g/mol. The molecule has 3 rings (SSSR count). The normalized spacial score (nSPS) is 13.6. The van der Waals surface area contributed by atoms with Crippen LogP contribution in [-0.2, 0) is 26.0 Å². The van der Waals surface area contributed by atoms with Gasteiger partial charge in [-0.3, -0.25) is 9.52 Å². The van der Waals surface area contributed by atoms with Gasteiger partial charge in [0.2, 0.25) is 0 Å². The number of amides is 1. The van der Waals surface area contributed by atoms with Crippen LogP contribution in [-0.4, -0.2) is 34.6 Å². The van der Waals surface area contributed by atoms with Crippen LogP contribution in [0.5, 0.6) is 0 Å². The summed E-state index contributed by atoms with van der Waals surface area (Å²) in [5.74, 6) is -2.17. The van der Waals surface area contributed by atoms with Crippen LogP contribution in [0, 0.1) is 11.6 Å². The van der Waals surface area contributed by atoms with Gasteiger partial charge in [-0.2, -0.15) is 0 Å². The summed E-state index contributed by atoms with van der Waals surface area (Å²) in [5, 5.41) is 0. The summed E-state index contributed by atoms with van der Waals surface area (Å²) in [6.07, 6.45) is 0.635. The molecule has 0 saturated carbocycles. The molecular weight excluding hydrogens is 366 g/mol. The van der Waals surface area contributed by atoms with Gasteiger partial charge in [0, 0.05) is 19.3 Å². The third kappa shape index (κ3) is 3.54. The minimum Gasteiger partial charge on any atom is -0.375 e. The van der Waals surface area contributed by atoms with Gasteiger partial charge in [0.05, 0.1) is 5.69 Å². The van der Waals surface area contributed by atoms with Crippen LogP contribution in [0.15, 0.2) is 41.3 Å². The number of nitrogens with zero attached hydrogens (tertiary/aromatic N) is 1. The van der Waals surface area contributed by atoms with Gasteiger partial charge in [0.15, 0.2) is 0 Å². The molecule has 2 aromatic rings. The first-order valence-electron chi connectivity index (χ1n) is 7.72. The number of fused-ring (bicyclic) bond motifs is 1. The summed E-state index contributed by atoms with van der Waals surface area (Å²) < 4.78 is 58.9. The molecule has 138 valence electrons. The van der Waals surface area contributed by atoms with Gasteiger partial charge in [0.25, 0.3) is 15.9 Å². The quantitative estimate of drug-likeness (QED) is 0.861. The summed E-state index contributed by atoms with van der Waals surface area (Å²) >= 11 is 0. The van der Waals surface area contributed by atoms with E-state index in [1.54, 1.807) is 6.07 Å². The Balaban J connectivity index is 1.91. The smallest absolute Gasteiger partial charge is 0.264 e. The number of hydrogen-bond acceptors (Lipinski definition) is 4. The number of benzene rings is 2. The first-order valence-corrected chi connectivity index (χ1v) is 9.20. The highest BCUT2D eigenvalue weighted by atomic mass is 32.2. The number of anilines is 2. The number of nitrogens with one attached hydrogen (secondary N) is 1. The summed E-state index contributed by atoms with van der Waals surface area (Å²) in [4.78, 5) is 12.8. The van der Waals surface area contributed by atoms with Crippen LogP contribution in [0.1, 0.15) is 5.56 Å². The van der Waals surface area contributed by atoms with Crippen LogP contribution in [0.3, 0.4) is 0 Å². The average molecular weight is 382 g/mol. The van der Waals surface area contributed by atoms with Crippen LogP contribution in [0.4, 0.5) is 20.2 Å². The van der Waals surface area contributed by atoms with E-state index in [0.29, 0.717) is 24.7 Å². The fourth-order valence-corrected chi connectivity index (χ4v) is 3.94. The van der Waals surface area contributed by atoms with Gasteiger partial charge in [-0.1, -0.05) is 6.07 Å². The van der Waals surface area contributed by atoms with E-state index in [1.807, 2.05) is 0 Å². The fourth-order valence-electron chi connectivity index (χ4n) is 2.80. The molecule has 0 radical (unpaired) electrons. The highest BCUT2D eigenvalue weighted by molar-refractivity contribution is 7.92. The lowest BCUT2D eigenvalue weighted by atomic mass is 10.1. The molecule has 0 saturated heterocycles. The molecule has 1 N–H and O–H groups in total. The van der Waals surface area contributed by atoms with Gasteiger partial charge in [-0.25, -0.2) is 17.2 Å². The van der Waals surface area contributed by atoms with Crippen LogP contribution in [0.2, 0.25) is 0 Å². The molecule has 0 aromatic heterocycles. The molecule has 0 atom stereocenters. The molecule has 0 unspecified atom stereocenters. The number of carbonyl (C=O) groups is 1. The third-order valence-corrected chi connectivity index (χ3v) is 5.38. The zero-order valence-corrected chi connectivity index (χ0v) is 14.6. The minimum absolute atomic E-state index is 0.0934. The highest BCUT2D eigenvalue weighted by Crippen LogP contribution is 2.32. The van der Waals surface area contributed by atoms with Crippen molar-refractivity contribution in [3.05, 3.63) is 53.6 Å². The predicted molar refractivity (Wildman–Crippen MR) is 91.5 cm³/mol. The van der Waals surface area contributed by atoms with Crippen molar-refractivity contribution in [2.24, 2.45) is 0 Å². The van der Waals surface area contributed by atoms with Gasteiger partial charge in [0.1, 0.15) is 23.1 Å². The lowest BCUT2D eigenvalue weighted by Gasteiger charge is -2.18. The van der Waals surface area contributed by atoms with Crippen molar-refractivity contribution < 1.29 is 26.7 Å². The Bertz CT molecular complexity index is 963. The topological polar surface area (TPSA) is 75.7 Å². The number of methoxy groups -OCH3 is 1. The number of halogens is 2. The molecule has 0 bridgehead atoms. The lowest BCUT2D eigenvalue weighted by molar-refractivity contribution is -0.122.